The minimum atomic E-state index is -1.24. The number of hydrogen-bond donors (Lipinski definition) is 3. The molecule has 0 fully saturated rings. The van der Waals surface area contributed by atoms with E-state index in [1.165, 1.54) is 0 Å². The highest BCUT2D eigenvalue weighted by Gasteiger charge is 2.30. The van der Waals surface area contributed by atoms with Crippen molar-refractivity contribution in [2.75, 3.05) is 39.5 Å². The minimum Gasteiger partial charge on any atom is -0.464 e. The molecule has 0 aromatic heterocycles. The number of hydrogen-bond acceptors (Lipinski definition) is 9. The van der Waals surface area contributed by atoms with Crippen molar-refractivity contribution in [3.8, 4) is 0 Å². The van der Waals surface area contributed by atoms with Gasteiger partial charge in [-0.3, -0.25) is 28.8 Å². The molecule has 0 aliphatic rings. The second-order valence-electron chi connectivity index (χ2n) is 6.81. The zero-order chi connectivity index (χ0) is 29.5. The third-order valence-electron chi connectivity index (χ3n) is 3.82. The van der Waals surface area contributed by atoms with Crippen molar-refractivity contribution in [1.82, 2.24) is 16.0 Å². The van der Waals surface area contributed by atoms with Crippen LogP contribution in [0.5, 0.6) is 0 Å². The van der Waals surface area contributed by atoms with Crippen LogP contribution in [0.1, 0.15) is 12.8 Å². The molecule has 0 bridgehead atoms. The zero-order valence-corrected chi connectivity index (χ0v) is 31.7. The summed E-state index contributed by atoms with van der Waals surface area (Å²) in [6.07, 6.45) is -1.01. The Morgan fingerprint density at radius 3 is 1.34 bits per heavy atom. The topological polar surface area (TPSA) is 166 Å². The molecule has 0 heterocycles. The Morgan fingerprint density at radius 1 is 0.605 bits per heavy atom. The van der Waals surface area contributed by atoms with Crippen molar-refractivity contribution in [2.24, 2.45) is 5.92 Å². The van der Waals surface area contributed by atoms with E-state index in [0.717, 1.165) is 0 Å². The first-order valence-electron chi connectivity index (χ1n) is 10.2. The number of rotatable bonds is 15. The third-order valence-corrected chi connectivity index (χ3v) is 6.81. The van der Waals surface area contributed by atoms with E-state index in [9.17, 15) is 28.8 Å². The van der Waals surface area contributed by atoms with Crippen molar-refractivity contribution in [1.29, 1.82) is 0 Å². The number of ether oxygens (including phenoxy) is 3. The maximum atomic E-state index is 12.6. The molecule has 12 nitrogen and oxygen atoms in total. The molecule has 0 spiro atoms. The predicted octanol–water partition coefficient (Wildman–Crippen LogP) is 3.15. The molecule has 20 heteroatoms. The van der Waals surface area contributed by atoms with Gasteiger partial charge in [0.15, 0.2) is 0 Å². The fourth-order valence-corrected chi connectivity index (χ4v) is 3.30. The highest BCUT2D eigenvalue weighted by molar-refractivity contribution is 9.40. The first kappa shape index (κ1) is 38.7. The van der Waals surface area contributed by atoms with Gasteiger partial charge in [0.2, 0.25) is 10.2 Å². The van der Waals surface area contributed by atoms with E-state index in [0.29, 0.717) is 0 Å². The summed E-state index contributed by atoms with van der Waals surface area (Å²) in [7, 11) is 0. The Labute approximate surface area is 285 Å². The molecule has 0 saturated heterocycles. The van der Waals surface area contributed by atoms with Crippen LogP contribution in [-0.4, -0.2) is 83.1 Å². The second kappa shape index (κ2) is 19.7. The Balaban J connectivity index is 4.86. The summed E-state index contributed by atoms with van der Waals surface area (Å²) in [5.41, 5.74) is 0. The van der Waals surface area contributed by atoms with Gasteiger partial charge in [-0.05, 0) is 95.6 Å². The molecule has 0 radical (unpaired) electrons. The van der Waals surface area contributed by atoms with E-state index in [4.69, 9.17) is 14.2 Å². The Kier molecular flexibility index (Phi) is 20.1. The van der Waals surface area contributed by atoms with Crippen LogP contribution in [0.2, 0.25) is 0 Å². The molecule has 218 valence electrons. The summed E-state index contributed by atoms with van der Waals surface area (Å²) in [6, 6.07) is 0. The maximum absolute atomic E-state index is 12.6. The van der Waals surface area contributed by atoms with Crippen molar-refractivity contribution in [2.45, 2.75) is 20.9 Å². The predicted molar refractivity (Wildman–Crippen MR) is 165 cm³/mol. The minimum absolute atomic E-state index is 0.0163. The molecule has 0 aromatic rings. The SMILES string of the molecule is O=C(CC(CC(=O)OCCNC(=O)C(Br)(Br)Br)C(=O)OCCNC(=O)C(Br)(Br)Br)OCCNC(=O)C(Br)Br. The molecular weight excluding hydrogens is 1040 g/mol. The van der Waals surface area contributed by atoms with Gasteiger partial charge in [-0.1, -0.05) is 31.9 Å². The van der Waals surface area contributed by atoms with Crippen LogP contribution >= 0.6 is 127 Å². The van der Waals surface area contributed by atoms with E-state index < -0.39 is 56.5 Å². The number of amides is 3. The number of halogens is 8. The molecule has 0 aromatic carbocycles. The Morgan fingerprint density at radius 2 is 0.974 bits per heavy atom. The molecule has 0 aliphatic heterocycles. The van der Waals surface area contributed by atoms with Gasteiger partial charge in [0.05, 0.1) is 38.4 Å². The number of carbonyl (C=O) groups is 6. The van der Waals surface area contributed by atoms with E-state index in [1.54, 1.807) is 0 Å². The van der Waals surface area contributed by atoms with Crippen molar-refractivity contribution in [3.05, 3.63) is 0 Å². The first-order chi connectivity index (χ1) is 17.4. The number of alkyl halides is 8. The fraction of sp³-hybridized carbons (Fsp3) is 0.667. The van der Waals surface area contributed by atoms with Crippen molar-refractivity contribution >= 4 is 163 Å². The van der Waals surface area contributed by atoms with Gasteiger partial charge >= 0.3 is 17.9 Å². The van der Waals surface area contributed by atoms with Crippen LogP contribution in [0.25, 0.3) is 0 Å². The normalized spacial score (nSPS) is 12.2. The van der Waals surface area contributed by atoms with Crippen LogP contribution in [0.4, 0.5) is 0 Å². The highest BCUT2D eigenvalue weighted by Crippen LogP contribution is 2.33. The summed E-state index contributed by atoms with van der Waals surface area (Å²) in [5, 5.41) is 7.45. The molecule has 38 heavy (non-hydrogen) atoms. The highest BCUT2D eigenvalue weighted by atomic mass is 80.0. The van der Waals surface area contributed by atoms with Gasteiger partial charge < -0.3 is 30.2 Å². The van der Waals surface area contributed by atoms with Crippen LogP contribution in [0, 0.1) is 5.92 Å². The summed E-state index contributed by atoms with van der Waals surface area (Å²) < 4.78 is 12.2. The van der Waals surface area contributed by atoms with Crippen molar-refractivity contribution < 1.29 is 43.0 Å². The Bertz CT molecular complexity index is 850. The summed E-state index contributed by atoms with van der Waals surface area (Å²) in [4.78, 5) is 72.0. The van der Waals surface area contributed by atoms with Crippen LogP contribution in [-0.2, 0) is 43.0 Å². The zero-order valence-electron chi connectivity index (χ0n) is 19.0. The van der Waals surface area contributed by atoms with E-state index in [1.807, 2.05) is 0 Å². The van der Waals surface area contributed by atoms with E-state index >= 15 is 0 Å². The third kappa shape index (κ3) is 18.9. The smallest absolute Gasteiger partial charge is 0.310 e. The van der Waals surface area contributed by atoms with Gasteiger partial charge in [0.1, 0.15) is 23.6 Å². The van der Waals surface area contributed by atoms with Gasteiger partial charge in [0.25, 0.3) is 11.8 Å². The molecule has 3 N–H and O–H groups in total. The fourth-order valence-electron chi connectivity index (χ4n) is 2.14. The van der Waals surface area contributed by atoms with Gasteiger partial charge in [-0.25, -0.2) is 0 Å². The lowest BCUT2D eigenvalue weighted by molar-refractivity contribution is -0.159. The first-order valence-corrected chi connectivity index (χ1v) is 16.8. The van der Waals surface area contributed by atoms with Gasteiger partial charge in [-0.2, -0.15) is 0 Å². The lowest BCUT2D eigenvalue weighted by atomic mass is 10.0. The van der Waals surface area contributed by atoms with Gasteiger partial charge in [0, 0.05) is 0 Å². The lowest BCUT2D eigenvalue weighted by Crippen LogP contribution is -2.37. The van der Waals surface area contributed by atoms with E-state index in [-0.39, 0.29) is 45.4 Å². The standard InChI is InChI=1S/C18H21Br8N3O9/c19-12(20)13(32)27-1-4-36-10(30)7-9(14(33)38-6-3-29-16(35)18(24,25)26)8-11(31)37-5-2-28-15(34)17(21,22)23/h9,12H,1-8H2,(H,27,32)(H,28,34)(H,29,35). The average Bonchev–Trinajstić information content (AvgIpc) is 2.79. The van der Waals surface area contributed by atoms with Crippen LogP contribution < -0.4 is 16.0 Å². The lowest BCUT2D eigenvalue weighted by Gasteiger charge is -2.17. The second-order valence-corrected chi connectivity index (χ2v) is 23.4. The Hall–Kier alpha value is 0.660. The largest absolute Gasteiger partial charge is 0.464 e. The summed E-state index contributed by atoms with van der Waals surface area (Å²) in [6.45, 7) is -0.637. The summed E-state index contributed by atoms with van der Waals surface area (Å²) >= 11 is 24.3. The molecule has 0 rings (SSSR count). The maximum Gasteiger partial charge on any atom is 0.310 e. The molecule has 0 aliphatic carbocycles. The van der Waals surface area contributed by atoms with E-state index in [2.05, 4.69) is 143 Å². The van der Waals surface area contributed by atoms with Crippen LogP contribution in [0.15, 0.2) is 0 Å². The molecule has 0 saturated carbocycles. The molecule has 1 atom stereocenters. The molecular formula is C18H21Br8N3O9. The van der Waals surface area contributed by atoms with Gasteiger partial charge in [-0.15, -0.1) is 0 Å². The van der Waals surface area contributed by atoms with Crippen molar-refractivity contribution in [3.63, 3.8) is 0 Å². The average molecular weight is 1060 g/mol. The summed E-state index contributed by atoms with van der Waals surface area (Å²) in [5.74, 6) is -5.09. The number of carbonyl (C=O) groups excluding carboxylic acids is 6. The monoisotopic (exact) mass is 1050 g/mol. The molecule has 3 amide bonds. The quantitative estimate of drug-likeness (QED) is 0.0968. The number of nitrogens with one attached hydrogen (secondary N) is 3. The molecule has 1 unspecified atom stereocenters. The van der Waals surface area contributed by atoms with Crippen LogP contribution in [0.3, 0.4) is 0 Å². The number of esters is 3.